The van der Waals surface area contributed by atoms with Crippen LogP contribution in [0.15, 0.2) is 4.99 Å². The lowest BCUT2D eigenvalue weighted by molar-refractivity contribution is -0.119. The van der Waals surface area contributed by atoms with Crippen molar-refractivity contribution in [3.63, 3.8) is 0 Å². The predicted octanol–water partition coefficient (Wildman–Crippen LogP) is 0.154. The van der Waals surface area contributed by atoms with Crippen LogP contribution in [0.5, 0.6) is 0 Å². The van der Waals surface area contributed by atoms with Gasteiger partial charge in [0.15, 0.2) is 5.96 Å². The molecule has 1 fully saturated rings. The molecule has 0 aromatic heterocycles. The quantitative estimate of drug-likeness (QED) is 0.330. The van der Waals surface area contributed by atoms with E-state index in [2.05, 4.69) is 16.2 Å². The van der Waals surface area contributed by atoms with Crippen molar-refractivity contribution in [2.24, 2.45) is 10.7 Å². The van der Waals surface area contributed by atoms with Crippen LogP contribution in [-0.4, -0.2) is 42.9 Å². The second-order valence-corrected chi connectivity index (χ2v) is 3.70. The average Bonchev–Trinajstić information content (AvgIpc) is 2.34. The van der Waals surface area contributed by atoms with Gasteiger partial charge < -0.3 is 16.0 Å². The number of amides is 1. The monoisotopic (exact) mass is 350 g/mol. The van der Waals surface area contributed by atoms with Crippen LogP contribution in [0.3, 0.4) is 0 Å². The molecule has 0 saturated carbocycles. The summed E-state index contributed by atoms with van der Waals surface area (Å²) < 4.78 is 0. The molecule has 0 bridgehead atoms. The maximum atomic E-state index is 11.2. The zero-order chi connectivity index (χ0) is 11.8. The van der Waals surface area contributed by atoms with Crippen molar-refractivity contribution < 1.29 is 4.79 Å². The van der Waals surface area contributed by atoms with Crippen molar-refractivity contribution >= 4 is 35.8 Å². The van der Waals surface area contributed by atoms with E-state index in [0.29, 0.717) is 5.96 Å². The topological polar surface area (TPSA) is 70.7 Å². The van der Waals surface area contributed by atoms with Crippen molar-refractivity contribution in [3.8, 4) is 12.3 Å². The fourth-order valence-corrected chi connectivity index (χ4v) is 1.58. The van der Waals surface area contributed by atoms with Gasteiger partial charge in [-0.1, -0.05) is 5.92 Å². The number of hydrogen-bond acceptors (Lipinski definition) is 2. The highest BCUT2D eigenvalue weighted by atomic mass is 127. The Kier molecular flexibility index (Phi) is 8.58. The van der Waals surface area contributed by atoms with E-state index in [9.17, 15) is 4.79 Å². The second-order valence-electron chi connectivity index (χ2n) is 3.70. The molecule has 1 saturated heterocycles. The first-order valence-electron chi connectivity index (χ1n) is 5.49. The molecule has 0 aliphatic carbocycles. The summed E-state index contributed by atoms with van der Waals surface area (Å²) in [6, 6.07) is 0. The number of hydrogen-bond donors (Lipinski definition) is 2. The van der Waals surface area contributed by atoms with E-state index in [-0.39, 0.29) is 43.0 Å². The smallest absolute Gasteiger partial charge is 0.242 e. The number of nitrogens with one attached hydrogen (secondary N) is 1. The van der Waals surface area contributed by atoms with Crippen LogP contribution in [0, 0.1) is 12.3 Å². The highest BCUT2D eigenvalue weighted by Crippen LogP contribution is 2.07. The van der Waals surface area contributed by atoms with Crippen molar-refractivity contribution in [2.75, 3.05) is 26.2 Å². The van der Waals surface area contributed by atoms with Crippen molar-refractivity contribution in [3.05, 3.63) is 0 Å². The number of carbonyl (C=O) groups excluding carboxylic acids is 1. The molecule has 0 radical (unpaired) electrons. The minimum Gasteiger partial charge on any atom is -0.370 e. The van der Waals surface area contributed by atoms with E-state index in [1.54, 1.807) is 0 Å². The van der Waals surface area contributed by atoms with Crippen LogP contribution in [0.1, 0.15) is 19.3 Å². The highest BCUT2D eigenvalue weighted by molar-refractivity contribution is 14.0. The number of piperidine rings is 1. The zero-order valence-electron chi connectivity index (χ0n) is 9.82. The summed E-state index contributed by atoms with van der Waals surface area (Å²) in [6.07, 6.45) is 8.54. The van der Waals surface area contributed by atoms with Gasteiger partial charge in [0.05, 0.1) is 6.54 Å². The molecule has 0 spiro atoms. The Labute approximate surface area is 119 Å². The molecule has 0 atom stereocenters. The minimum absolute atomic E-state index is 0. The number of halogens is 1. The van der Waals surface area contributed by atoms with E-state index in [1.807, 2.05) is 4.90 Å². The molecule has 1 amide bonds. The lowest BCUT2D eigenvalue weighted by Gasteiger charge is -2.27. The van der Waals surface area contributed by atoms with Gasteiger partial charge in [-0.2, -0.15) is 0 Å². The minimum atomic E-state index is -0.196. The van der Waals surface area contributed by atoms with Crippen LogP contribution in [0.25, 0.3) is 0 Å². The number of likely N-dealkylation sites (tertiary alicyclic amines) is 1. The first-order valence-corrected chi connectivity index (χ1v) is 5.49. The van der Waals surface area contributed by atoms with Gasteiger partial charge in [0.2, 0.25) is 5.91 Å². The highest BCUT2D eigenvalue weighted by Gasteiger charge is 2.11. The molecule has 0 aromatic carbocycles. The molecule has 17 heavy (non-hydrogen) atoms. The van der Waals surface area contributed by atoms with E-state index in [0.717, 1.165) is 25.9 Å². The predicted molar refractivity (Wildman–Crippen MR) is 79.2 cm³/mol. The zero-order valence-corrected chi connectivity index (χ0v) is 12.1. The number of nitrogens with zero attached hydrogens (tertiary/aromatic N) is 2. The van der Waals surface area contributed by atoms with Crippen LogP contribution in [-0.2, 0) is 4.79 Å². The lowest BCUT2D eigenvalue weighted by atomic mass is 10.1. The Morgan fingerprint density at radius 3 is 2.65 bits per heavy atom. The summed E-state index contributed by atoms with van der Waals surface area (Å²) in [6.45, 7) is 2.14. The fraction of sp³-hybridized carbons (Fsp3) is 0.636. The molecule has 0 aromatic rings. The van der Waals surface area contributed by atoms with Crippen molar-refractivity contribution in [1.29, 1.82) is 0 Å². The molecule has 3 N–H and O–H groups in total. The molecule has 5 nitrogen and oxygen atoms in total. The Morgan fingerprint density at radius 1 is 1.41 bits per heavy atom. The molecule has 0 unspecified atom stereocenters. The van der Waals surface area contributed by atoms with Gasteiger partial charge in [-0.05, 0) is 19.3 Å². The fourth-order valence-electron chi connectivity index (χ4n) is 1.58. The maximum absolute atomic E-state index is 11.2. The summed E-state index contributed by atoms with van der Waals surface area (Å²) in [7, 11) is 0. The van der Waals surface area contributed by atoms with Gasteiger partial charge in [0.25, 0.3) is 0 Å². The second kappa shape index (κ2) is 9.10. The number of aliphatic imine (C=N–C) groups is 1. The number of nitrogens with two attached hydrogens (primary N) is 1. The largest absolute Gasteiger partial charge is 0.370 e. The van der Waals surface area contributed by atoms with Crippen molar-refractivity contribution in [2.45, 2.75) is 19.3 Å². The van der Waals surface area contributed by atoms with E-state index in [1.165, 1.54) is 6.42 Å². The third kappa shape index (κ3) is 6.36. The Bertz CT molecular complexity index is 305. The molecular weight excluding hydrogens is 331 g/mol. The first-order chi connectivity index (χ1) is 7.74. The summed E-state index contributed by atoms with van der Waals surface area (Å²) in [5.74, 6) is 2.59. The molecule has 1 aliphatic heterocycles. The summed E-state index contributed by atoms with van der Waals surface area (Å²) in [5.41, 5.74) is 5.78. The summed E-state index contributed by atoms with van der Waals surface area (Å²) in [5, 5.41) is 2.53. The lowest BCUT2D eigenvalue weighted by Crippen LogP contribution is -2.41. The number of terminal acetylenes is 1. The Balaban J connectivity index is 0.00000256. The number of carbonyl (C=O) groups is 1. The van der Waals surface area contributed by atoms with Gasteiger partial charge >= 0.3 is 0 Å². The molecule has 1 heterocycles. The standard InChI is InChI=1S/C11H18N4O.HI/c1-2-6-13-10(16)9-14-11(12)15-7-4-3-5-8-15;/h1H,3-9H2,(H2,12,14)(H,13,16);1H. The first kappa shape index (κ1) is 16.0. The van der Waals surface area contributed by atoms with Gasteiger partial charge in [-0.15, -0.1) is 30.4 Å². The average molecular weight is 350 g/mol. The SMILES string of the molecule is C#CCNC(=O)CN=C(N)N1CCCCC1.I. The van der Waals surface area contributed by atoms with Crippen LogP contribution in [0.4, 0.5) is 0 Å². The molecule has 1 aliphatic rings. The Morgan fingerprint density at radius 2 is 2.06 bits per heavy atom. The molecule has 6 heteroatoms. The molecule has 1 rings (SSSR count). The van der Waals surface area contributed by atoms with Crippen molar-refractivity contribution in [1.82, 2.24) is 10.2 Å². The number of rotatable bonds is 3. The summed E-state index contributed by atoms with van der Waals surface area (Å²) >= 11 is 0. The van der Waals surface area contributed by atoms with E-state index < -0.39 is 0 Å². The Hall–Kier alpha value is -0.970. The third-order valence-corrected chi connectivity index (χ3v) is 2.45. The van der Waals surface area contributed by atoms with E-state index in [4.69, 9.17) is 12.2 Å². The van der Waals surface area contributed by atoms with Crippen LogP contribution in [0.2, 0.25) is 0 Å². The van der Waals surface area contributed by atoms with Gasteiger partial charge in [-0.25, -0.2) is 4.99 Å². The van der Waals surface area contributed by atoms with Gasteiger partial charge in [0.1, 0.15) is 6.54 Å². The number of guanidine groups is 1. The van der Waals surface area contributed by atoms with Gasteiger partial charge in [0, 0.05) is 13.1 Å². The third-order valence-electron chi connectivity index (χ3n) is 2.45. The van der Waals surface area contributed by atoms with Crippen LogP contribution < -0.4 is 11.1 Å². The van der Waals surface area contributed by atoms with Crippen LogP contribution >= 0.6 is 24.0 Å². The van der Waals surface area contributed by atoms with E-state index >= 15 is 0 Å². The normalized spacial score (nSPS) is 15.7. The summed E-state index contributed by atoms with van der Waals surface area (Å²) in [4.78, 5) is 17.3. The maximum Gasteiger partial charge on any atom is 0.242 e. The molecule has 96 valence electrons. The molecular formula is C11H19IN4O. The van der Waals surface area contributed by atoms with Gasteiger partial charge in [-0.3, -0.25) is 4.79 Å².